The van der Waals surface area contributed by atoms with Crippen molar-refractivity contribution in [2.45, 2.75) is 6.54 Å². The lowest BCUT2D eigenvalue weighted by molar-refractivity contribution is 0.0598. The molecule has 1 rings (SSSR count). The van der Waals surface area contributed by atoms with Crippen LogP contribution in [0.3, 0.4) is 0 Å². The van der Waals surface area contributed by atoms with Crippen LogP contribution < -0.4 is 10.5 Å². The fraction of sp³-hybridized carbons (Fsp3) is 0.273. The van der Waals surface area contributed by atoms with Crippen LogP contribution in [0.5, 0.6) is 5.75 Å². The third kappa shape index (κ3) is 1.97. The third-order valence-electron chi connectivity index (χ3n) is 2.20. The first-order valence-electron chi connectivity index (χ1n) is 4.57. The van der Waals surface area contributed by atoms with Crippen LogP contribution in [0, 0.1) is 11.3 Å². The van der Waals surface area contributed by atoms with E-state index >= 15 is 0 Å². The summed E-state index contributed by atoms with van der Waals surface area (Å²) in [4.78, 5) is 11.6. The van der Waals surface area contributed by atoms with E-state index in [1.165, 1.54) is 20.3 Å². The van der Waals surface area contributed by atoms with Gasteiger partial charge in [0.15, 0.2) is 0 Å². The fourth-order valence-electron chi connectivity index (χ4n) is 1.45. The normalized spacial score (nSPS) is 9.38. The van der Waals surface area contributed by atoms with Crippen molar-refractivity contribution in [2.75, 3.05) is 14.2 Å². The number of hydrogen-bond acceptors (Lipinski definition) is 5. The number of carbonyl (C=O) groups excluding carboxylic acids is 1. The topological polar surface area (TPSA) is 85.3 Å². The van der Waals surface area contributed by atoms with Gasteiger partial charge in [-0.3, -0.25) is 0 Å². The number of carbonyl (C=O) groups is 1. The molecular weight excluding hydrogens is 208 g/mol. The molecule has 0 spiro atoms. The molecule has 0 amide bonds. The molecule has 2 N–H and O–H groups in total. The Balaban J connectivity index is 3.50. The summed E-state index contributed by atoms with van der Waals surface area (Å²) in [5.74, 6) is -0.113. The molecule has 5 nitrogen and oxygen atoms in total. The fourth-order valence-corrected chi connectivity index (χ4v) is 1.45. The molecule has 0 aromatic heterocycles. The highest BCUT2D eigenvalue weighted by Gasteiger charge is 2.19. The lowest BCUT2D eigenvalue weighted by Crippen LogP contribution is -2.12. The molecule has 84 valence electrons. The number of esters is 1. The van der Waals surface area contributed by atoms with Gasteiger partial charge in [-0.05, 0) is 12.1 Å². The Labute approximate surface area is 93.4 Å². The van der Waals surface area contributed by atoms with Gasteiger partial charge in [0.25, 0.3) is 0 Å². The minimum Gasteiger partial charge on any atom is -0.496 e. The number of ether oxygens (including phenoxy) is 2. The largest absolute Gasteiger partial charge is 0.496 e. The average molecular weight is 220 g/mol. The van der Waals surface area contributed by atoms with Gasteiger partial charge in [-0.25, -0.2) is 4.79 Å². The van der Waals surface area contributed by atoms with E-state index in [-0.39, 0.29) is 17.7 Å². The Kier molecular flexibility index (Phi) is 3.86. The minimum atomic E-state index is -0.587. The summed E-state index contributed by atoms with van der Waals surface area (Å²) < 4.78 is 9.69. The number of methoxy groups -OCH3 is 2. The summed E-state index contributed by atoms with van der Waals surface area (Å²) in [6.07, 6.45) is 0. The van der Waals surface area contributed by atoms with Gasteiger partial charge >= 0.3 is 5.97 Å². The Morgan fingerprint density at radius 1 is 1.50 bits per heavy atom. The van der Waals surface area contributed by atoms with Crippen LogP contribution in [0.4, 0.5) is 0 Å². The summed E-state index contributed by atoms with van der Waals surface area (Å²) in [6.45, 7) is 0.100. The van der Waals surface area contributed by atoms with E-state index in [2.05, 4.69) is 4.74 Å². The van der Waals surface area contributed by atoms with E-state index in [0.29, 0.717) is 11.3 Å². The predicted molar refractivity (Wildman–Crippen MR) is 56.9 cm³/mol. The van der Waals surface area contributed by atoms with E-state index in [1.807, 2.05) is 6.07 Å². The van der Waals surface area contributed by atoms with E-state index < -0.39 is 5.97 Å². The van der Waals surface area contributed by atoms with E-state index in [0.717, 1.165) is 0 Å². The van der Waals surface area contributed by atoms with Gasteiger partial charge in [0.1, 0.15) is 11.8 Å². The second-order valence-corrected chi connectivity index (χ2v) is 2.98. The van der Waals surface area contributed by atoms with Crippen molar-refractivity contribution in [3.63, 3.8) is 0 Å². The average Bonchev–Trinajstić information content (AvgIpc) is 2.35. The minimum absolute atomic E-state index is 0.100. The molecule has 0 radical (unpaired) electrons. The van der Waals surface area contributed by atoms with Crippen molar-refractivity contribution in [1.82, 2.24) is 0 Å². The molecule has 0 atom stereocenters. The van der Waals surface area contributed by atoms with Gasteiger partial charge in [-0.1, -0.05) is 0 Å². The predicted octanol–water partition coefficient (Wildman–Crippen LogP) is 0.812. The van der Waals surface area contributed by atoms with Crippen molar-refractivity contribution in [3.8, 4) is 11.8 Å². The zero-order valence-electron chi connectivity index (χ0n) is 9.11. The number of hydrogen-bond donors (Lipinski definition) is 1. The smallest absolute Gasteiger partial charge is 0.339 e. The number of nitrogens with zero attached hydrogens (tertiary/aromatic N) is 1. The third-order valence-corrected chi connectivity index (χ3v) is 2.20. The van der Waals surface area contributed by atoms with E-state index in [1.54, 1.807) is 6.07 Å². The summed E-state index contributed by atoms with van der Waals surface area (Å²) in [7, 11) is 2.73. The first-order valence-corrected chi connectivity index (χ1v) is 4.57. The molecule has 0 aliphatic carbocycles. The summed E-state index contributed by atoms with van der Waals surface area (Å²) in [5.41, 5.74) is 6.43. The van der Waals surface area contributed by atoms with Crippen LogP contribution >= 0.6 is 0 Å². The summed E-state index contributed by atoms with van der Waals surface area (Å²) in [6, 6.07) is 5.03. The van der Waals surface area contributed by atoms with Crippen LogP contribution in [0.25, 0.3) is 0 Å². The molecule has 0 fully saturated rings. The zero-order chi connectivity index (χ0) is 12.1. The van der Waals surface area contributed by atoms with Crippen LogP contribution in [0.15, 0.2) is 12.1 Å². The summed E-state index contributed by atoms with van der Waals surface area (Å²) >= 11 is 0. The monoisotopic (exact) mass is 220 g/mol. The second kappa shape index (κ2) is 5.14. The van der Waals surface area contributed by atoms with Gasteiger partial charge < -0.3 is 15.2 Å². The van der Waals surface area contributed by atoms with Gasteiger partial charge in [0.05, 0.1) is 25.3 Å². The molecular formula is C11H12N2O3. The van der Waals surface area contributed by atoms with Crippen LogP contribution in [-0.2, 0) is 11.3 Å². The van der Waals surface area contributed by atoms with Crippen molar-refractivity contribution in [3.05, 3.63) is 28.8 Å². The first kappa shape index (κ1) is 12.0. The lowest BCUT2D eigenvalue weighted by Gasteiger charge is -2.12. The van der Waals surface area contributed by atoms with Gasteiger partial charge in [0.2, 0.25) is 0 Å². The Hall–Kier alpha value is -2.06. The van der Waals surface area contributed by atoms with Gasteiger partial charge in [-0.15, -0.1) is 0 Å². The SMILES string of the molecule is COC(=O)c1c(C#N)ccc(OC)c1CN. The van der Waals surface area contributed by atoms with E-state index in [9.17, 15) is 4.79 Å². The molecule has 0 bridgehead atoms. The Morgan fingerprint density at radius 3 is 2.62 bits per heavy atom. The maximum Gasteiger partial charge on any atom is 0.339 e. The lowest BCUT2D eigenvalue weighted by atomic mass is 10.0. The molecule has 1 aromatic rings. The van der Waals surface area contributed by atoms with Crippen LogP contribution in [0.1, 0.15) is 21.5 Å². The van der Waals surface area contributed by atoms with Gasteiger partial charge in [0, 0.05) is 12.1 Å². The molecule has 16 heavy (non-hydrogen) atoms. The molecule has 0 unspecified atom stereocenters. The number of nitrogens with two attached hydrogens (primary N) is 1. The molecule has 0 aliphatic rings. The van der Waals surface area contributed by atoms with Crippen molar-refractivity contribution in [2.24, 2.45) is 5.73 Å². The molecule has 0 saturated heterocycles. The molecule has 0 saturated carbocycles. The number of nitriles is 1. The first-order chi connectivity index (χ1) is 7.69. The van der Waals surface area contributed by atoms with Crippen molar-refractivity contribution >= 4 is 5.97 Å². The second-order valence-electron chi connectivity index (χ2n) is 2.98. The number of benzene rings is 1. The number of rotatable bonds is 3. The van der Waals surface area contributed by atoms with Crippen LogP contribution in [-0.4, -0.2) is 20.2 Å². The standard InChI is InChI=1S/C11H12N2O3/c1-15-9-4-3-7(5-12)10(8(9)6-13)11(14)16-2/h3-4H,6,13H2,1-2H3. The van der Waals surface area contributed by atoms with Gasteiger partial charge in [-0.2, -0.15) is 5.26 Å². The molecule has 1 aromatic carbocycles. The maximum absolute atomic E-state index is 11.6. The zero-order valence-corrected chi connectivity index (χ0v) is 9.11. The highest BCUT2D eigenvalue weighted by molar-refractivity contribution is 5.94. The Bertz CT molecular complexity index is 449. The van der Waals surface area contributed by atoms with E-state index in [4.69, 9.17) is 15.7 Å². The molecule has 0 aliphatic heterocycles. The highest BCUT2D eigenvalue weighted by atomic mass is 16.5. The molecule has 0 heterocycles. The highest BCUT2D eigenvalue weighted by Crippen LogP contribution is 2.25. The Morgan fingerprint density at radius 2 is 2.19 bits per heavy atom. The van der Waals surface area contributed by atoms with Crippen molar-refractivity contribution in [1.29, 1.82) is 5.26 Å². The quantitative estimate of drug-likeness (QED) is 0.762. The van der Waals surface area contributed by atoms with Crippen LogP contribution in [0.2, 0.25) is 0 Å². The van der Waals surface area contributed by atoms with Crippen molar-refractivity contribution < 1.29 is 14.3 Å². The maximum atomic E-state index is 11.6. The molecule has 5 heteroatoms. The summed E-state index contributed by atoms with van der Waals surface area (Å²) in [5, 5.41) is 8.91.